The van der Waals surface area contributed by atoms with Crippen LogP contribution >= 0.6 is 0 Å². The number of fused-ring (bicyclic) bond motifs is 1. The molecule has 0 aromatic heterocycles. The Morgan fingerprint density at radius 3 is 2.64 bits per heavy atom. The van der Waals surface area contributed by atoms with Gasteiger partial charge in [-0.2, -0.15) is 0 Å². The van der Waals surface area contributed by atoms with E-state index >= 15 is 0 Å². The van der Waals surface area contributed by atoms with E-state index in [-0.39, 0.29) is 23.9 Å². The number of carbonyl (C=O) groups is 2. The molecule has 1 aliphatic heterocycles. The van der Waals surface area contributed by atoms with Crippen LogP contribution in [0.5, 0.6) is 0 Å². The fourth-order valence-electron chi connectivity index (χ4n) is 2.43. The summed E-state index contributed by atoms with van der Waals surface area (Å²) in [6.07, 6.45) is 1.66. The summed E-state index contributed by atoms with van der Waals surface area (Å²) in [4.78, 5) is 24.3. The number of rotatable bonds is 5. The molecule has 5 heteroatoms. The van der Waals surface area contributed by atoms with Crippen molar-refractivity contribution < 1.29 is 9.59 Å². The highest BCUT2D eigenvalue weighted by Gasteiger charge is 2.26. The number of anilines is 2. The van der Waals surface area contributed by atoms with Gasteiger partial charge in [0.15, 0.2) is 0 Å². The number of carbonyl (C=O) groups excluding carboxylic acids is 2. The van der Waals surface area contributed by atoms with Gasteiger partial charge in [-0.3, -0.25) is 9.59 Å². The van der Waals surface area contributed by atoms with Crippen molar-refractivity contribution in [3.05, 3.63) is 23.8 Å². The lowest BCUT2D eigenvalue weighted by Gasteiger charge is -2.28. The second-order valence-electron chi connectivity index (χ2n) is 6.36. The van der Waals surface area contributed by atoms with Crippen LogP contribution in [0.15, 0.2) is 18.2 Å². The van der Waals surface area contributed by atoms with E-state index in [1.807, 2.05) is 19.9 Å². The monoisotopic (exact) mass is 303 g/mol. The Bertz CT molecular complexity index is 569. The van der Waals surface area contributed by atoms with Gasteiger partial charge in [-0.1, -0.05) is 20.8 Å². The van der Waals surface area contributed by atoms with Crippen LogP contribution in [0.4, 0.5) is 11.4 Å². The maximum absolute atomic E-state index is 12.1. The maximum Gasteiger partial charge on any atom is 0.251 e. The average molecular weight is 303 g/mol. The quantitative estimate of drug-likeness (QED) is 0.783. The molecule has 3 N–H and O–H groups in total. The van der Waals surface area contributed by atoms with Crippen molar-refractivity contribution in [3.8, 4) is 0 Å². The molecule has 0 bridgehead atoms. The Morgan fingerprint density at radius 2 is 2.00 bits per heavy atom. The van der Waals surface area contributed by atoms with Crippen LogP contribution in [0, 0.1) is 5.92 Å². The molecule has 2 amide bonds. The van der Waals surface area contributed by atoms with E-state index in [1.54, 1.807) is 12.1 Å². The third kappa shape index (κ3) is 3.78. The minimum absolute atomic E-state index is 0.0410. The van der Waals surface area contributed by atoms with Gasteiger partial charge in [0.1, 0.15) is 6.04 Å². The molecule has 1 heterocycles. The van der Waals surface area contributed by atoms with Crippen LogP contribution < -0.4 is 16.0 Å². The van der Waals surface area contributed by atoms with Crippen molar-refractivity contribution in [2.45, 2.75) is 52.6 Å². The molecule has 0 unspecified atom stereocenters. The summed E-state index contributed by atoms with van der Waals surface area (Å²) in [7, 11) is 0. The first-order valence-electron chi connectivity index (χ1n) is 7.93. The number of hydrogen-bond acceptors (Lipinski definition) is 3. The molecule has 22 heavy (non-hydrogen) atoms. The van der Waals surface area contributed by atoms with Gasteiger partial charge in [0.25, 0.3) is 5.91 Å². The fraction of sp³-hybridized carbons (Fsp3) is 0.529. The second-order valence-corrected chi connectivity index (χ2v) is 6.36. The van der Waals surface area contributed by atoms with Gasteiger partial charge in [0.2, 0.25) is 5.91 Å². The van der Waals surface area contributed by atoms with E-state index in [1.165, 1.54) is 0 Å². The minimum atomic E-state index is -0.215. The van der Waals surface area contributed by atoms with Gasteiger partial charge in [-0.25, -0.2) is 0 Å². The summed E-state index contributed by atoms with van der Waals surface area (Å²) >= 11 is 0. The zero-order valence-corrected chi connectivity index (χ0v) is 13.7. The van der Waals surface area contributed by atoms with Crippen LogP contribution in [0.1, 0.15) is 50.9 Å². The summed E-state index contributed by atoms with van der Waals surface area (Å²) in [5.41, 5.74) is 2.09. The summed E-state index contributed by atoms with van der Waals surface area (Å²) in [6.45, 7) is 8.17. The van der Waals surface area contributed by atoms with Gasteiger partial charge in [-0.05, 0) is 43.9 Å². The normalized spacial score (nSPS) is 18.2. The van der Waals surface area contributed by atoms with Crippen molar-refractivity contribution in [1.82, 2.24) is 5.32 Å². The Kier molecular flexibility index (Phi) is 5.06. The summed E-state index contributed by atoms with van der Waals surface area (Å²) in [6, 6.07) is 5.28. The molecule has 1 aliphatic rings. The van der Waals surface area contributed by atoms with Crippen LogP contribution in [-0.2, 0) is 4.79 Å². The first-order valence-corrected chi connectivity index (χ1v) is 7.93. The van der Waals surface area contributed by atoms with Crippen molar-refractivity contribution in [2.24, 2.45) is 5.92 Å². The molecule has 0 saturated heterocycles. The number of hydrogen-bond donors (Lipinski definition) is 3. The molecule has 0 radical (unpaired) electrons. The Hall–Kier alpha value is -2.04. The van der Waals surface area contributed by atoms with E-state index < -0.39 is 0 Å². The smallest absolute Gasteiger partial charge is 0.251 e. The second kappa shape index (κ2) is 6.81. The van der Waals surface area contributed by atoms with Gasteiger partial charge in [0, 0.05) is 11.6 Å². The number of nitrogens with one attached hydrogen (secondary N) is 3. The molecule has 0 spiro atoms. The van der Waals surface area contributed by atoms with Crippen LogP contribution in [0.2, 0.25) is 0 Å². The van der Waals surface area contributed by atoms with E-state index in [2.05, 4.69) is 29.8 Å². The lowest BCUT2D eigenvalue weighted by Crippen LogP contribution is -2.40. The van der Waals surface area contributed by atoms with Gasteiger partial charge in [-0.15, -0.1) is 0 Å². The third-order valence-corrected chi connectivity index (χ3v) is 3.88. The Morgan fingerprint density at radius 1 is 1.27 bits per heavy atom. The standard InChI is InChI=1S/C17H25N3O2/c1-5-11(4)18-16(21)12-6-7-13-14(9-12)20-17(22)15(19-13)8-10(2)3/h6-7,9-11,15,19H,5,8H2,1-4H3,(H,18,21)(H,20,22)/t11-,15-/m1/s1. The topological polar surface area (TPSA) is 70.2 Å². The highest BCUT2D eigenvalue weighted by atomic mass is 16.2. The molecule has 2 atom stereocenters. The molecular formula is C17H25N3O2. The first kappa shape index (κ1) is 16.3. The van der Waals surface area contributed by atoms with Crippen LogP contribution in [0.3, 0.4) is 0 Å². The van der Waals surface area contributed by atoms with Gasteiger partial charge in [0.05, 0.1) is 11.4 Å². The van der Waals surface area contributed by atoms with Crippen molar-refractivity contribution >= 4 is 23.2 Å². The molecular weight excluding hydrogens is 278 g/mol. The Labute approximate surface area is 131 Å². The largest absolute Gasteiger partial charge is 0.372 e. The zero-order chi connectivity index (χ0) is 16.3. The van der Waals surface area contributed by atoms with Crippen molar-refractivity contribution in [1.29, 1.82) is 0 Å². The van der Waals surface area contributed by atoms with E-state index in [4.69, 9.17) is 0 Å². The SMILES string of the molecule is CC[C@@H](C)NC(=O)c1ccc2c(c1)NC(=O)[C@@H](CC(C)C)N2. The van der Waals surface area contributed by atoms with Crippen LogP contribution in [0.25, 0.3) is 0 Å². The van der Waals surface area contributed by atoms with Crippen LogP contribution in [-0.4, -0.2) is 23.9 Å². The number of benzene rings is 1. The van der Waals surface area contributed by atoms with E-state index in [9.17, 15) is 9.59 Å². The molecule has 0 aliphatic carbocycles. The van der Waals surface area contributed by atoms with E-state index in [0.717, 1.165) is 18.5 Å². The number of amides is 2. The summed E-state index contributed by atoms with van der Waals surface area (Å²) in [5.74, 6) is 0.279. The molecule has 0 saturated carbocycles. The lowest BCUT2D eigenvalue weighted by molar-refractivity contribution is -0.117. The first-order chi connectivity index (χ1) is 10.4. The van der Waals surface area contributed by atoms with Crippen molar-refractivity contribution in [3.63, 3.8) is 0 Å². The lowest BCUT2D eigenvalue weighted by atomic mass is 10.00. The fourth-order valence-corrected chi connectivity index (χ4v) is 2.43. The summed E-state index contributed by atoms with van der Waals surface area (Å²) < 4.78 is 0. The molecule has 2 rings (SSSR count). The third-order valence-electron chi connectivity index (χ3n) is 3.88. The predicted molar refractivity (Wildman–Crippen MR) is 89.2 cm³/mol. The zero-order valence-electron chi connectivity index (χ0n) is 13.7. The minimum Gasteiger partial charge on any atom is -0.372 e. The molecule has 5 nitrogen and oxygen atoms in total. The molecule has 120 valence electrons. The highest BCUT2D eigenvalue weighted by molar-refractivity contribution is 6.05. The highest BCUT2D eigenvalue weighted by Crippen LogP contribution is 2.29. The molecule has 1 aromatic carbocycles. The molecule has 1 aromatic rings. The van der Waals surface area contributed by atoms with E-state index in [0.29, 0.717) is 17.2 Å². The van der Waals surface area contributed by atoms with Crippen molar-refractivity contribution in [2.75, 3.05) is 10.6 Å². The maximum atomic E-state index is 12.1. The Balaban J connectivity index is 2.14. The van der Waals surface area contributed by atoms with Gasteiger partial charge < -0.3 is 16.0 Å². The van der Waals surface area contributed by atoms with Gasteiger partial charge >= 0.3 is 0 Å². The average Bonchev–Trinajstić information content (AvgIpc) is 2.46. The summed E-state index contributed by atoms with van der Waals surface area (Å²) in [5, 5.41) is 9.08. The molecule has 0 fully saturated rings. The predicted octanol–water partition coefficient (Wildman–Crippen LogP) is 2.99.